The van der Waals surface area contributed by atoms with Gasteiger partial charge in [0.2, 0.25) is 17.7 Å². The van der Waals surface area contributed by atoms with E-state index in [1.165, 1.54) is 5.56 Å². The van der Waals surface area contributed by atoms with Gasteiger partial charge in [0.15, 0.2) is 0 Å². The van der Waals surface area contributed by atoms with Gasteiger partial charge in [-0.1, -0.05) is 86.6 Å². The smallest absolute Gasteiger partial charge is 0.243 e. The lowest BCUT2D eigenvalue weighted by atomic mass is 10.00. The molecule has 0 spiro atoms. The average molecular weight is 557 g/mol. The molecule has 41 heavy (non-hydrogen) atoms. The third-order valence-corrected chi connectivity index (χ3v) is 8.06. The zero-order chi connectivity index (χ0) is 29.0. The van der Waals surface area contributed by atoms with Gasteiger partial charge in [-0.2, -0.15) is 0 Å². The number of likely N-dealkylation sites (tertiary alicyclic amines) is 1. The predicted octanol–water partition coefficient (Wildman–Crippen LogP) is 4.59. The van der Waals surface area contributed by atoms with E-state index in [-0.39, 0.29) is 23.6 Å². The first kappa shape index (κ1) is 30.3. The molecule has 218 valence electrons. The molecule has 7 heteroatoms. The molecule has 0 radical (unpaired) electrons. The van der Waals surface area contributed by atoms with Crippen molar-refractivity contribution in [2.75, 3.05) is 19.6 Å². The summed E-state index contributed by atoms with van der Waals surface area (Å²) in [6, 6.07) is 23.2. The Morgan fingerprint density at radius 1 is 0.878 bits per heavy atom. The van der Waals surface area contributed by atoms with Crippen molar-refractivity contribution < 1.29 is 14.4 Å². The molecule has 3 aromatic rings. The maximum Gasteiger partial charge on any atom is 0.243 e. The second kappa shape index (κ2) is 15.3. The zero-order valence-corrected chi connectivity index (χ0v) is 24.4. The molecular weight excluding hydrogens is 512 g/mol. The van der Waals surface area contributed by atoms with Crippen LogP contribution >= 0.6 is 0 Å². The second-order valence-electron chi connectivity index (χ2n) is 11.0. The Morgan fingerprint density at radius 2 is 1.61 bits per heavy atom. The van der Waals surface area contributed by atoms with Crippen molar-refractivity contribution in [2.45, 2.75) is 71.0 Å². The summed E-state index contributed by atoms with van der Waals surface area (Å²) in [6.07, 6.45) is 4.08. The van der Waals surface area contributed by atoms with Crippen molar-refractivity contribution >= 4 is 28.5 Å². The summed E-state index contributed by atoms with van der Waals surface area (Å²) in [7, 11) is 0. The highest BCUT2D eigenvalue weighted by Gasteiger charge is 2.37. The molecule has 0 saturated carbocycles. The van der Waals surface area contributed by atoms with Crippen LogP contribution in [-0.4, -0.2) is 54.3 Å². The molecule has 1 unspecified atom stereocenters. The van der Waals surface area contributed by atoms with Gasteiger partial charge >= 0.3 is 0 Å². The average Bonchev–Trinajstić information content (AvgIpc) is 3.50. The summed E-state index contributed by atoms with van der Waals surface area (Å²) in [5.41, 5.74) is 2.20. The van der Waals surface area contributed by atoms with Crippen molar-refractivity contribution in [3.8, 4) is 0 Å². The molecule has 1 aliphatic heterocycles. The molecule has 0 aliphatic carbocycles. The van der Waals surface area contributed by atoms with E-state index in [9.17, 15) is 14.4 Å². The topological polar surface area (TPSA) is 90.5 Å². The third-order valence-electron chi connectivity index (χ3n) is 8.06. The van der Waals surface area contributed by atoms with Gasteiger partial charge in [0.1, 0.15) is 12.1 Å². The maximum atomic E-state index is 13.5. The number of fused-ring (bicyclic) bond motifs is 1. The molecule has 1 saturated heterocycles. The minimum Gasteiger partial charge on any atom is -0.354 e. The first-order chi connectivity index (χ1) is 20.0. The number of nitrogens with zero attached hydrogens (tertiary/aromatic N) is 1. The van der Waals surface area contributed by atoms with E-state index in [0.717, 1.165) is 55.1 Å². The quantitative estimate of drug-likeness (QED) is 0.253. The highest BCUT2D eigenvalue weighted by Crippen LogP contribution is 2.23. The maximum absolute atomic E-state index is 13.5. The number of carbonyl (C=O) groups excluding carboxylic acids is 3. The van der Waals surface area contributed by atoms with Crippen molar-refractivity contribution in [1.82, 2.24) is 20.9 Å². The molecular formula is C34H44N4O3. The number of amides is 3. The lowest BCUT2D eigenvalue weighted by molar-refractivity contribution is -0.142. The Morgan fingerprint density at radius 3 is 2.37 bits per heavy atom. The largest absolute Gasteiger partial charge is 0.354 e. The van der Waals surface area contributed by atoms with Gasteiger partial charge in [0.05, 0.1) is 0 Å². The van der Waals surface area contributed by atoms with Gasteiger partial charge in [0.25, 0.3) is 0 Å². The number of benzene rings is 3. The van der Waals surface area contributed by atoms with E-state index in [1.54, 1.807) is 4.90 Å². The predicted molar refractivity (Wildman–Crippen MR) is 164 cm³/mol. The van der Waals surface area contributed by atoms with E-state index in [4.69, 9.17) is 0 Å². The van der Waals surface area contributed by atoms with Crippen LogP contribution in [-0.2, 0) is 27.3 Å². The van der Waals surface area contributed by atoms with Crippen LogP contribution in [0, 0.1) is 5.92 Å². The normalized spacial score (nSPS) is 15.7. The first-order valence-corrected chi connectivity index (χ1v) is 15.1. The molecule has 0 bridgehead atoms. The van der Waals surface area contributed by atoms with Crippen LogP contribution in [0.4, 0.5) is 0 Å². The summed E-state index contributed by atoms with van der Waals surface area (Å²) >= 11 is 0. The molecule has 1 fully saturated rings. The Balaban J connectivity index is 1.39. The highest BCUT2D eigenvalue weighted by atomic mass is 16.2. The zero-order valence-electron chi connectivity index (χ0n) is 24.4. The van der Waals surface area contributed by atoms with Gasteiger partial charge in [-0.15, -0.1) is 0 Å². The number of hydrogen-bond donors (Lipinski definition) is 3. The fourth-order valence-electron chi connectivity index (χ4n) is 5.63. The van der Waals surface area contributed by atoms with Crippen LogP contribution in [0.2, 0.25) is 0 Å². The van der Waals surface area contributed by atoms with Crippen molar-refractivity contribution in [1.29, 1.82) is 0 Å². The van der Waals surface area contributed by atoms with Crippen LogP contribution < -0.4 is 16.0 Å². The van der Waals surface area contributed by atoms with E-state index >= 15 is 0 Å². The van der Waals surface area contributed by atoms with Gasteiger partial charge in [0, 0.05) is 32.0 Å². The molecule has 7 nitrogen and oxygen atoms in total. The molecule has 2 atom stereocenters. The van der Waals surface area contributed by atoms with Crippen LogP contribution in [0.15, 0.2) is 72.8 Å². The van der Waals surface area contributed by atoms with E-state index in [1.807, 2.05) is 56.3 Å². The van der Waals surface area contributed by atoms with Gasteiger partial charge in [-0.05, 0) is 60.5 Å². The minimum absolute atomic E-state index is 0.0474. The van der Waals surface area contributed by atoms with Gasteiger partial charge < -0.3 is 20.9 Å². The Labute approximate surface area is 244 Å². The summed E-state index contributed by atoms with van der Waals surface area (Å²) < 4.78 is 0. The summed E-state index contributed by atoms with van der Waals surface area (Å²) in [4.78, 5) is 41.8. The van der Waals surface area contributed by atoms with Crippen LogP contribution in [0.3, 0.4) is 0 Å². The van der Waals surface area contributed by atoms with E-state index < -0.39 is 12.1 Å². The van der Waals surface area contributed by atoms with Crippen molar-refractivity contribution in [3.63, 3.8) is 0 Å². The van der Waals surface area contributed by atoms with E-state index in [0.29, 0.717) is 25.9 Å². The van der Waals surface area contributed by atoms with Crippen molar-refractivity contribution in [2.24, 2.45) is 5.92 Å². The van der Waals surface area contributed by atoms with Crippen LogP contribution in [0.1, 0.15) is 57.1 Å². The standard InChI is InChI=1S/C34H44N4O3/c1-3-27(4-2)34(41)38-21-10-16-31(38)33(40)37-30(23-26-17-18-28-14-8-9-15-29(28)22-26)32(39)36-20-11-19-35-24-25-12-6-5-7-13-25/h5-9,12-15,17-18,22,27,30-31,35H,3-4,10-11,16,19-21,23-24H2,1-2H3,(H,36,39)(H,37,40)/t30-,31?/m1/s1. The molecule has 3 amide bonds. The number of rotatable bonds is 14. The number of carbonyl (C=O) groups is 3. The SMILES string of the molecule is CCC(CC)C(=O)N1CCCC1C(=O)N[C@H](Cc1ccc2ccccc2c1)C(=O)NCCCNCc1ccccc1. The first-order valence-electron chi connectivity index (χ1n) is 15.1. The van der Waals surface area contributed by atoms with Gasteiger partial charge in [-0.3, -0.25) is 14.4 Å². The Hall–Kier alpha value is -3.71. The monoisotopic (exact) mass is 556 g/mol. The molecule has 0 aromatic heterocycles. The Kier molecular flexibility index (Phi) is 11.3. The summed E-state index contributed by atoms with van der Waals surface area (Å²) in [5, 5.41) is 11.7. The molecule has 3 N–H and O–H groups in total. The summed E-state index contributed by atoms with van der Waals surface area (Å²) in [5.74, 6) is -0.473. The molecule has 1 heterocycles. The lowest BCUT2D eigenvalue weighted by Crippen LogP contribution is -2.54. The second-order valence-corrected chi connectivity index (χ2v) is 11.0. The third kappa shape index (κ3) is 8.40. The Bertz CT molecular complexity index is 1290. The van der Waals surface area contributed by atoms with Crippen LogP contribution in [0.5, 0.6) is 0 Å². The highest BCUT2D eigenvalue weighted by molar-refractivity contribution is 5.93. The fourth-order valence-corrected chi connectivity index (χ4v) is 5.63. The molecule has 3 aromatic carbocycles. The minimum atomic E-state index is -0.730. The lowest BCUT2D eigenvalue weighted by Gasteiger charge is -2.29. The number of hydrogen-bond acceptors (Lipinski definition) is 4. The van der Waals surface area contributed by atoms with E-state index in [2.05, 4.69) is 46.3 Å². The van der Waals surface area contributed by atoms with Gasteiger partial charge in [-0.25, -0.2) is 0 Å². The van der Waals surface area contributed by atoms with Crippen molar-refractivity contribution in [3.05, 3.63) is 83.9 Å². The number of nitrogens with one attached hydrogen (secondary N) is 3. The fraction of sp³-hybridized carbons (Fsp3) is 0.441. The summed E-state index contributed by atoms with van der Waals surface area (Å²) in [6.45, 7) is 6.67. The molecule has 1 aliphatic rings. The van der Waals surface area contributed by atoms with Crippen LogP contribution in [0.25, 0.3) is 10.8 Å². The molecule has 4 rings (SSSR count).